The number of hydrogen-bond donors (Lipinski definition) is 2. The van der Waals surface area contributed by atoms with E-state index in [2.05, 4.69) is 19.9 Å². The molecule has 1 fully saturated rings. The van der Waals surface area contributed by atoms with Crippen molar-refractivity contribution in [3.8, 4) is 0 Å². The van der Waals surface area contributed by atoms with Crippen LogP contribution >= 0.6 is 0 Å². The molecule has 2 aliphatic heterocycles. The second-order valence-corrected chi connectivity index (χ2v) is 13.3. The van der Waals surface area contributed by atoms with Gasteiger partial charge in [0, 0.05) is 25.4 Å². The molecule has 3 atom stereocenters. The predicted octanol–water partition coefficient (Wildman–Crippen LogP) is 4.11. The summed E-state index contributed by atoms with van der Waals surface area (Å²) >= 11 is 0. The van der Waals surface area contributed by atoms with E-state index in [4.69, 9.17) is 20.9 Å². The number of fused-ring (bicyclic) bond motifs is 1. The largest absolute Gasteiger partial charge is 0.449 e. The van der Waals surface area contributed by atoms with Crippen LogP contribution in [0, 0.1) is 16.7 Å². The minimum Gasteiger partial charge on any atom is -0.449 e. The van der Waals surface area contributed by atoms with Crippen LogP contribution < -0.4 is 11.5 Å². The van der Waals surface area contributed by atoms with Gasteiger partial charge in [0.25, 0.3) is 0 Å². The van der Waals surface area contributed by atoms with Crippen LogP contribution in [0.25, 0.3) is 0 Å². The first-order valence-electron chi connectivity index (χ1n) is 14.1. The number of rotatable bonds is 10. The average Bonchev–Trinajstić information content (AvgIpc) is 3.42. The van der Waals surface area contributed by atoms with E-state index in [9.17, 15) is 19.2 Å². The predicted molar refractivity (Wildman–Crippen MR) is 151 cm³/mol. The van der Waals surface area contributed by atoms with Crippen LogP contribution in [0.1, 0.15) is 83.9 Å². The summed E-state index contributed by atoms with van der Waals surface area (Å²) in [7, 11) is 0. The summed E-state index contributed by atoms with van der Waals surface area (Å²) in [5.74, 6) is -1.15. The van der Waals surface area contributed by atoms with Crippen molar-refractivity contribution in [3.63, 3.8) is 0 Å². The van der Waals surface area contributed by atoms with Crippen molar-refractivity contribution < 1.29 is 28.7 Å². The van der Waals surface area contributed by atoms with E-state index in [1.807, 2.05) is 32.9 Å². The minimum atomic E-state index is -0.803. The molecule has 0 saturated carbocycles. The van der Waals surface area contributed by atoms with E-state index >= 15 is 0 Å². The number of ether oxygens (including phenoxy) is 2. The lowest BCUT2D eigenvalue weighted by atomic mass is 9.87. The first-order valence-corrected chi connectivity index (χ1v) is 14.1. The molecule has 3 rings (SSSR count). The molecule has 1 unspecified atom stereocenters. The Hall–Kier alpha value is -3.30. The van der Waals surface area contributed by atoms with E-state index < -0.39 is 36.2 Å². The number of primary amides is 2. The molecule has 0 bridgehead atoms. The monoisotopic (exact) mass is 558 g/mol. The second kappa shape index (κ2) is 12.5. The highest BCUT2D eigenvalue weighted by molar-refractivity contribution is 5.88. The van der Waals surface area contributed by atoms with Crippen LogP contribution in [0.4, 0.5) is 9.59 Å². The van der Waals surface area contributed by atoms with E-state index in [1.165, 1.54) is 10.5 Å². The van der Waals surface area contributed by atoms with Crippen molar-refractivity contribution in [2.45, 2.75) is 98.9 Å². The maximum Gasteiger partial charge on any atom is 0.410 e. The third-order valence-corrected chi connectivity index (χ3v) is 7.84. The molecule has 1 aromatic rings. The van der Waals surface area contributed by atoms with Gasteiger partial charge in [-0.15, -0.1) is 0 Å². The van der Waals surface area contributed by atoms with E-state index in [-0.39, 0.29) is 29.7 Å². The Morgan fingerprint density at radius 1 is 1.02 bits per heavy atom. The summed E-state index contributed by atoms with van der Waals surface area (Å²) in [5.41, 5.74) is 13.8. The van der Waals surface area contributed by atoms with Crippen LogP contribution in [0.2, 0.25) is 0 Å². The molecule has 0 spiro atoms. The van der Waals surface area contributed by atoms with Gasteiger partial charge < -0.3 is 25.8 Å². The third kappa shape index (κ3) is 8.11. The fourth-order valence-corrected chi connectivity index (χ4v) is 5.65. The number of likely N-dealkylation sites (tertiary alicyclic amines) is 1. The Morgan fingerprint density at radius 3 is 2.35 bits per heavy atom. The fourth-order valence-electron chi connectivity index (χ4n) is 5.65. The van der Waals surface area contributed by atoms with Gasteiger partial charge in [0.05, 0.1) is 13.2 Å². The molecule has 2 aliphatic rings. The molecule has 4 N–H and O–H groups in total. The lowest BCUT2D eigenvalue weighted by Crippen LogP contribution is -2.46. The standard InChI is InChI=1S/C30H46N4O6/c1-19-23(17-34(25(19)26(31)36)24(35)14-29(2,3)4)40-28(38)33-15-21-12-9-11-20(22(21)16-33)10-7-8-13-30(5,6)18-39-27(32)37/h9,11-12,19,23,25H,7-8,10,13-18H2,1-6H3,(H2,31,36)(H2,32,37)/t19-,23?,25+/m1/s1. The summed E-state index contributed by atoms with van der Waals surface area (Å²) in [4.78, 5) is 52.5. The molecule has 4 amide bonds. The summed E-state index contributed by atoms with van der Waals surface area (Å²) in [6.45, 7) is 13.1. The van der Waals surface area contributed by atoms with Gasteiger partial charge in [-0.05, 0) is 46.8 Å². The number of hydrogen-bond acceptors (Lipinski definition) is 6. The molecule has 1 aromatic carbocycles. The van der Waals surface area contributed by atoms with Gasteiger partial charge in [0.2, 0.25) is 11.8 Å². The number of unbranched alkanes of at least 4 members (excludes halogenated alkanes) is 1. The Balaban J connectivity index is 1.57. The highest BCUT2D eigenvalue weighted by atomic mass is 16.6. The van der Waals surface area contributed by atoms with Crippen LogP contribution in [-0.4, -0.2) is 59.1 Å². The van der Waals surface area contributed by atoms with Gasteiger partial charge >= 0.3 is 12.2 Å². The van der Waals surface area contributed by atoms with Crippen LogP contribution in [0.3, 0.4) is 0 Å². The van der Waals surface area contributed by atoms with Gasteiger partial charge in [-0.2, -0.15) is 0 Å². The quantitative estimate of drug-likeness (QED) is 0.413. The zero-order valence-corrected chi connectivity index (χ0v) is 24.8. The van der Waals surface area contributed by atoms with Gasteiger partial charge in [-0.1, -0.05) is 66.2 Å². The maximum atomic E-state index is 13.2. The Morgan fingerprint density at radius 2 is 1.73 bits per heavy atom. The summed E-state index contributed by atoms with van der Waals surface area (Å²) in [6, 6.07) is 5.35. The van der Waals surface area contributed by atoms with Crippen LogP contribution in [0.15, 0.2) is 18.2 Å². The Labute approximate surface area is 237 Å². The van der Waals surface area contributed by atoms with Gasteiger partial charge in [-0.25, -0.2) is 9.59 Å². The van der Waals surface area contributed by atoms with E-state index in [0.29, 0.717) is 19.7 Å². The number of nitrogens with two attached hydrogens (primary N) is 2. The van der Waals surface area contributed by atoms with E-state index in [0.717, 1.165) is 36.8 Å². The molecule has 40 heavy (non-hydrogen) atoms. The molecule has 0 aliphatic carbocycles. The SMILES string of the molecule is C[C@@H]1C(OC(=O)N2Cc3cccc(CCCCC(C)(C)COC(N)=O)c3C2)CN(C(=O)CC(C)(C)C)[C@@H]1C(N)=O. The molecular weight excluding hydrogens is 512 g/mol. The number of carbonyl (C=O) groups excluding carboxylic acids is 4. The Bertz CT molecular complexity index is 1110. The van der Waals surface area contributed by atoms with E-state index in [1.54, 1.807) is 11.8 Å². The molecule has 10 nitrogen and oxygen atoms in total. The molecule has 10 heteroatoms. The van der Waals surface area contributed by atoms with Gasteiger partial charge in [0.1, 0.15) is 12.1 Å². The van der Waals surface area contributed by atoms with Gasteiger partial charge in [-0.3, -0.25) is 14.5 Å². The molecule has 0 aromatic heterocycles. The third-order valence-electron chi connectivity index (χ3n) is 7.84. The maximum absolute atomic E-state index is 13.2. The fraction of sp³-hybridized carbons (Fsp3) is 0.667. The number of benzene rings is 1. The van der Waals surface area contributed by atoms with Gasteiger partial charge in [0.15, 0.2) is 0 Å². The Kier molecular flexibility index (Phi) is 9.74. The first-order chi connectivity index (χ1) is 18.6. The second-order valence-electron chi connectivity index (χ2n) is 13.3. The van der Waals surface area contributed by atoms with Crippen molar-refractivity contribution >= 4 is 24.0 Å². The highest BCUT2D eigenvalue weighted by Crippen LogP contribution is 2.33. The average molecular weight is 559 g/mol. The zero-order valence-electron chi connectivity index (χ0n) is 24.8. The van der Waals surface area contributed by atoms with Crippen molar-refractivity contribution in [2.24, 2.45) is 28.2 Å². The summed E-state index contributed by atoms with van der Waals surface area (Å²) < 4.78 is 10.9. The molecule has 1 saturated heterocycles. The van der Waals surface area contributed by atoms with Crippen molar-refractivity contribution in [2.75, 3.05) is 13.2 Å². The van der Waals surface area contributed by atoms with Crippen molar-refractivity contribution in [1.82, 2.24) is 9.80 Å². The minimum absolute atomic E-state index is 0.147. The van der Waals surface area contributed by atoms with Crippen molar-refractivity contribution in [3.05, 3.63) is 34.9 Å². The molecule has 2 heterocycles. The summed E-state index contributed by atoms with van der Waals surface area (Å²) in [5, 5.41) is 0. The highest BCUT2D eigenvalue weighted by Gasteiger charge is 2.47. The topological polar surface area (TPSA) is 145 Å². The summed E-state index contributed by atoms with van der Waals surface area (Å²) in [6.07, 6.45) is 2.16. The smallest absolute Gasteiger partial charge is 0.410 e. The first kappa shape index (κ1) is 31.2. The molecular formula is C30H46N4O6. The normalized spacial score (nSPS) is 20.8. The number of carbonyl (C=O) groups is 4. The lowest BCUT2D eigenvalue weighted by Gasteiger charge is -2.27. The van der Waals surface area contributed by atoms with Crippen LogP contribution in [0.5, 0.6) is 0 Å². The number of nitrogens with zero attached hydrogens (tertiary/aromatic N) is 2. The zero-order chi connectivity index (χ0) is 29.8. The molecule has 222 valence electrons. The number of aryl methyl sites for hydroxylation is 1. The van der Waals surface area contributed by atoms with Crippen LogP contribution in [-0.2, 0) is 38.6 Å². The number of amides is 4. The lowest BCUT2D eigenvalue weighted by molar-refractivity contribution is -0.139. The van der Waals surface area contributed by atoms with Crippen molar-refractivity contribution in [1.29, 1.82) is 0 Å². The molecule has 0 radical (unpaired) electrons.